The Kier molecular flexibility index (Phi) is 4.50. The molecule has 10 heteroatoms. The van der Waals surface area contributed by atoms with Gasteiger partial charge >= 0.3 is 0 Å². The fourth-order valence-electron chi connectivity index (χ4n) is 4.14. The van der Waals surface area contributed by atoms with E-state index in [9.17, 15) is 13.2 Å². The molecule has 2 aliphatic heterocycles. The molecule has 9 nitrogen and oxygen atoms in total. The monoisotopic (exact) mass is 405 g/mol. The summed E-state index contributed by atoms with van der Waals surface area (Å²) in [5, 5.41) is 3.86. The number of rotatable bonds is 4. The number of hydrogen-bond donors (Lipinski definition) is 0. The van der Waals surface area contributed by atoms with Crippen molar-refractivity contribution >= 4 is 15.9 Å². The molecule has 0 aliphatic carbocycles. The molecule has 2 saturated heterocycles. The first-order chi connectivity index (χ1) is 13.2. The predicted molar refractivity (Wildman–Crippen MR) is 100 cm³/mol. The number of hydrogen-bond acceptors (Lipinski definition) is 7. The summed E-state index contributed by atoms with van der Waals surface area (Å²) in [4.78, 5) is 23.0. The minimum atomic E-state index is -3.34. The Morgan fingerprint density at radius 1 is 1.29 bits per heavy atom. The summed E-state index contributed by atoms with van der Waals surface area (Å²) in [7, 11) is -3.34. The second kappa shape index (κ2) is 6.63. The highest BCUT2D eigenvalue weighted by atomic mass is 32.2. The first kappa shape index (κ1) is 19.0. The van der Waals surface area contributed by atoms with E-state index in [0.29, 0.717) is 43.5 Å². The van der Waals surface area contributed by atoms with Gasteiger partial charge in [-0.3, -0.25) is 9.78 Å². The molecule has 4 rings (SSSR count). The summed E-state index contributed by atoms with van der Waals surface area (Å²) in [6.45, 7) is 6.80. The maximum absolute atomic E-state index is 12.8. The third kappa shape index (κ3) is 3.10. The fraction of sp³-hybridized carbons (Fsp3) is 0.556. The number of pyridine rings is 1. The van der Waals surface area contributed by atoms with Gasteiger partial charge < -0.3 is 9.42 Å². The Balaban J connectivity index is 1.59. The van der Waals surface area contributed by atoms with Crippen LogP contribution in [0.3, 0.4) is 0 Å². The first-order valence-corrected chi connectivity index (χ1v) is 10.8. The second-order valence-electron chi connectivity index (χ2n) is 7.70. The summed E-state index contributed by atoms with van der Waals surface area (Å²) in [6, 6.07) is 1.81. The lowest BCUT2D eigenvalue weighted by Crippen LogP contribution is -2.61. The van der Waals surface area contributed by atoms with Gasteiger partial charge in [0.1, 0.15) is 0 Å². The van der Waals surface area contributed by atoms with Crippen LogP contribution in [0.2, 0.25) is 0 Å². The molecule has 1 atom stereocenters. The second-order valence-corrected chi connectivity index (χ2v) is 9.96. The van der Waals surface area contributed by atoms with E-state index in [1.165, 1.54) is 4.31 Å². The molecule has 2 aromatic heterocycles. The van der Waals surface area contributed by atoms with Crippen LogP contribution in [-0.2, 0) is 10.0 Å². The number of aryl methyl sites for hydroxylation is 2. The van der Waals surface area contributed by atoms with E-state index in [1.54, 1.807) is 31.1 Å². The van der Waals surface area contributed by atoms with Crippen LogP contribution >= 0.6 is 0 Å². The van der Waals surface area contributed by atoms with Crippen LogP contribution in [0.4, 0.5) is 0 Å². The zero-order valence-corrected chi connectivity index (χ0v) is 16.9. The molecule has 2 fully saturated rings. The van der Waals surface area contributed by atoms with Crippen molar-refractivity contribution in [3.05, 3.63) is 41.3 Å². The van der Waals surface area contributed by atoms with Crippen LogP contribution in [0.1, 0.15) is 40.5 Å². The summed E-state index contributed by atoms with van der Waals surface area (Å²) >= 11 is 0. The molecule has 1 amide bonds. The average Bonchev–Trinajstić information content (AvgIpc) is 3.24. The van der Waals surface area contributed by atoms with Gasteiger partial charge in [-0.2, -0.15) is 4.98 Å². The Morgan fingerprint density at radius 2 is 2.04 bits per heavy atom. The standard InChI is InChI=1S/C18H23N5O4S/c1-4-28(25,26)23-8-15(16-20-13(3)21-27-16)18(11-23)9-22(10-18)17(24)14-5-12(2)6-19-7-14/h5-7,15H,4,8-11H2,1-3H3. The number of likely N-dealkylation sites (tertiary alicyclic amines) is 1. The van der Waals surface area contributed by atoms with Gasteiger partial charge in [-0.05, 0) is 32.4 Å². The smallest absolute Gasteiger partial charge is 0.255 e. The topological polar surface area (TPSA) is 110 Å². The van der Waals surface area contributed by atoms with Crippen LogP contribution in [0.15, 0.2) is 23.0 Å². The third-order valence-electron chi connectivity index (χ3n) is 5.64. The highest BCUT2D eigenvalue weighted by Gasteiger charge is 2.59. The highest BCUT2D eigenvalue weighted by molar-refractivity contribution is 7.89. The number of sulfonamides is 1. The Hall–Kier alpha value is -2.33. The first-order valence-electron chi connectivity index (χ1n) is 9.23. The van der Waals surface area contributed by atoms with Gasteiger partial charge in [0.15, 0.2) is 5.82 Å². The van der Waals surface area contributed by atoms with E-state index in [2.05, 4.69) is 15.1 Å². The summed E-state index contributed by atoms with van der Waals surface area (Å²) in [6.07, 6.45) is 3.26. The fourth-order valence-corrected chi connectivity index (χ4v) is 5.34. The third-order valence-corrected chi connectivity index (χ3v) is 7.43. The molecule has 2 aromatic rings. The van der Waals surface area contributed by atoms with Gasteiger partial charge in [0.25, 0.3) is 5.91 Å². The summed E-state index contributed by atoms with van der Waals surface area (Å²) in [5.74, 6) is 0.667. The van der Waals surface area contributed by atoms with E-state index in [1.807, 2.05) is 13.0 Å². The van der Waals surface area contributed by atoms with Crippen LogP contribution in [-0.4, -0.2) is 70.6 Å². The lowest BCUT2D eigenvalue weighted by molar-refractivity contribution is 0.00127. The van der Waals surface area contributed by atoms with Gasteiger partial charge in [-0.25, -0.2) is 12.7 Å². The molecule has 150 valence electrons. The molecule has 4 heterocycles. The lowest BCUT2D eigenvalue weighted by atomic mass is 9.71. The average molecular weight is 405 g/mol. The van der Waals surface area contributed by atoms with Gasteiger partial charge in [0, 0.05) is 44.0 Å². The lowest BCUT2D eigenvalue weighted by Gasteiger charge is -2.50. The van der Waals surface area contributed by atoms with E-state index in [4.69, 9.17) is 4.52 Å². The van der Waals surface area contributed by atoms with E-state index >= 15 is 0 Å². The minimum Gasteiger partial charge on any atom is -0.339 e. The number of amides is 1. The molecular weight excluding hydrogens is 382 g/mol. The zero-order valence-electron chi connectivity index (χ0n) is 16.1. The van der Waals surface area contributed by atoms with Crippen molar-refractivity contribution in [3.8, 4) is 0 Å². The van der Waals surface area contributed by atoms with Crippen LogP contribution in [0.25, 0.3) is 0 Å². The molecule has 1 unspecified atom stereocenters. The molecule has 1 spiro atoms. The minimum absolute atomic E-state index is 0.0380. The van der Waals surface area contributed by atoms with Gasteiger partial charge in [0.2, 0.25) is 15.9 Å². The van der Waals surface area contributed by atoms with E-state index in [-0.39, 0.29) is 17.6 Å². The maximum atomic E-state index is 12.8. The van der Waals surface area contributed by atoms with Crippen molar-refractivity contribution in [2.24, 2.45) is 5.41 Å². The van der Waals surface area contributed by atoms with Crippen molar-refractivity contribution in [1.29, 1.82) is 0 Å². The van der Waals surface area contributed by atoms with Crippen molar-refractivity contribution in [1.82, 2.24) is 24.3 Å². The molecular formula is C18H23N5O4S. The van der Waals surface area contributed by atoms with Crippen molar-refractivity contribution < 1.29 is 17.7 Å². The van der Waals surface area contributed by atoms with Crippen LogP contribution in [0.5, 0.6) is 0 Å². The molecule has 28 heavy (non-hydrogen) atoms. The highest BCUT2D eigenvalue weighted by Crippen LogP contribution is 2.49. The molecule has 0 bridgehead atoms. The van der Waals surface area contributed by atoms with Crippen molar-refractivity contribution in [2.45, 2.75) is 26.7 Å². The largest absolute Gasteiger partial charge is 0.339 e. The van der Waals surface area contributed by atoms with Crippen LogP contribution in [0, 0.1) is 19.3 Å². The number of carbonyl (C=O) groups is 1. The normalized spacial score (nSPS) is 21.8. The summed E-state index contributed by atoms with van der Waals surface area (Å²) in [5.41, 5.74) is 1.05. The number of aromatic nitrogens is 3. The molecule has 0 N–H and O–H groups in total. The molecule has 0 aromatic carbocycles. The van der Waals surface area contributed by atoms with Crippen molar-refractivity contribution in [3.63, 3.8) is 0 Å². The molecule has 0 radical (unpaired) electrons. The van der Waals surface area contributed by atoms with E-state index < -0.39 is 15.4 Å². The molecule has 2 aliphatic rings. The Bertz CT molecular complexity index is 1010. The van der Waals surface area contributed by atoms with Crippen LogP contribution < -0.4 is 0 Å². The number of nitrogens with zero attached hydrogens (tertiary/aromatic N) is 5. The van der Waals surface area contributed by atoms with Crippen molar-refractivity contribution in [2.75, 3.05) is 31.9 Å². The maximum Gasteiger partial charge on any atom is 0.255 e. The van der Waals surface area contributed by atoms with Gasteiger partial charge in [-0.1, -0.05) is 5.16 Å². The quantitative estimate of drug-likeness (QED) is 0.745. The SMILES string of the molecule is CCS(=O)(=O)N1CC(c2nc(C)no2)C2(CN(C(=O)c3cncc(C)c3)C2)C1. The Morgan fingerprint density at radius 3 is 2.64 bits per heavy atom. The zero-order chi connectivity index (χ0) is 20.1. The predicted octanol–water partition coefficient (Wildman–Crippen LogP) is 0.973. The van der Waals surface area contributed by atoms with Gasteiger partial charge in [0.05, 0.1) is 17.2 Å². The van der Waals surface area contributed by atoms with E-state index in [0.717, 1.165) is 5.56 Å². The van der Waals surface area contributed by atoms with Gasteiger partial charge in [-0.15, -0.1) is 0 Å². The molecule has 0 saturated carbocycles. The number of carbonyl (C=O) groups excluding carboxylic acids is 1. The Labute approximate surface area is 163 Å². The summed E-state index contributed by atoms with van der Waals surface area (Å²) < 4.78 is 31.8.